The van der Waals surface area contributed by atoms with E-state index in [4.69, 9.17) is 0 Å². The molecule has 2 N–H and O–H groups in total. The Morgan fingerprint density at radius 3 is 2.11 bits per heavy atom. The van der Waals surface area contributed by atoms with Gasteiger partial charge in [0.15, 0.2) is 0 Å². The van der Waals surface area contributed by atoms with Crippen molar-refractivity contribution in [3.05, 3.63) is 95.8 Å². The highest BCUT2D eigenvalue weighted by atomic mass is 32.2. The van der Waals surface area contributed by atoms with Crippen molar-refractivity contribution in [3.8, 4) is 0 Å². The zero-order chi connectivity index (χ0) is 19.3. The molecule has 3 rings (SSSR count). The Kier molecular flexibility index (Phi) is 5.52. The van der Waals surface area contributed by atoms with Crippen molar-refractivity contribution >= 4 is 21.6 Å². The molecule has 7 heteroatoms. The number of hydrogen-bond acceptors (Lipinski definition) is 3. The van der Waals surface area contributed by atoms with Crippen LogP contribution >= 0.6 is 0 Å². The number of carbonyl (C=O) groups is 1. The smallest absolute Gasteiger partial charge is 0.261 e. The maximum absolute atomic E-state index is 12.9. The second-order valence-electron chi connectivity index (χ2n) is 5.81. The molecule has 0 aromatic heterocycles. The summed E-state index contributed by atoms with van der Waals surface area (Å²) in [7, 11) is -3.83. The summed E-state index contributed by atoms with van der Waals surface area (Å²) in [6.45, 7) is 0.381. The van der Waals surface area contributed by atoms with Gasteiger partial charge < -0.3 is 5.32 Å². The van der Waals surface area contributed by atoms with Crippen molar-refractivity contribution in [3.63, 3.8) is 0 Å². The second kappa shape index (κ2) is 8.01. The van der Waals surface area contributed by atoms with Gasteiger partial charge in [0, 0.05) is 17.8 Å². The lowest BCUT2D eigenvalue weighted by molar-refractivity contribution is 0.0951. The Hall–Kier alpha value is -3.19. The second-order valence-corrected chi connectivity index (χ2v) is 7.49. The number of rotatable bonds is 6. The predicted molar refractivity (Wildman–Crippen MR) is 101 cm³/mol. The van der Waals surface area contributed by atoms with E-state index in [1.165, 1.54) is 36.4 Å². The number of amides is 1. The molecule has 0 aliphatic heterocycles. The van der Waals surface area contributed by atoms with Gasteiger partial charge >= 0.3 is 0 Å². The quantitative estimate of drug-likeness (QED) is 0.682. The Labute approximate surface area is 156 Å². The van der Waals surface area contributed by atoms with E-state index in [2.05, 4.69) is 10.0 Å². The van der Waals surface area contributed by atoms with E-state index in [9.17, 15) is 17.6 Å². The molecule has 0 spiro atoms. The van der Waals surface area contributed by atoms with Crippen molar-refractivity contribution in [2.75, 3.05) is 4.72 Å². The zero-order valence-electron chi connectivity index (χ0n) is 14.2. The van der Waals surface area contributed by atoms with E-state index in [0.717, 1.165) is 17.7 Å². The highest BCUT2D eigenvalue weighted by Crippen LogP contribution is 2.17. The van der Waals surface area contributed by atoms with E-state index in [1.807, 2.05) is 30.3 Å². The van der Waals surface area contributed by atoms with Gasteiger partial charge in [0.05, 0.1) is 4.90 Å². The summed E-state index contributed by atoms with van der Waals surface area (Å²) in [4.78, 5) is 12.2. The van der Waals surface area contributed by atoms with Crippen LogP contribution in [0.15, 0.2) is 83.8 Å². The fraction of sp³-hybridized carbons (Fsp3) is 0.0500. The number of anilines is 1. The lowest BCUT2D eigenvalue weighted by atomic mass is 10.2. The molecule has 0 aliphatic rings. The van der Waals surface area contributed by atoms with Crippen molar-refractivity contribution in [1.82, 2.24) is 5.32 Å². The molecule has 27 heavy (non-hydrogen) atoms. The van der Waals surface area contributed by atoms with Gasteiger partial charge in [-0.3, -0.25) is 9.52 Å². The summed E-state index contributed by atoms with van der Waals surface area (Å²) in [6, 6.07) is 20.0. The third-order valence-corrected chi connectivity index (χ3v) is 5.22. The van der Waals surface area contributed by atoms with Gasteiger partial charge in [-0.1, -0.05) is 30.3 Å². The molecular formula is C20H17FN2O3S. The van der Waals surface area contributed by atoms with Crippen LogP contribution < -0.4 is 10.0 Å². The fourth-order valence-electron chi connectivity index (χ4n) is 2.40. The van der Waals surface area contributed by atoms with Gasteiger partial charge in [-0.2, -0.15) is 0 Å². The minimum Gasteiger partial charge on any atom is -0.348 e. The van der Waals surface area contributed by atoms with Gasteiger partial charge in [0.1, 0.15) is 5.82 Å². The number of nitrogens with one attached hydrogen (secondary N) is 2. The van der Waals surface area contributed by atoms with Crippen LogP contribution in [0.5, 0.6) is 0 Å². The molecule has 0 bridgehead atoms. The largest absolute Gasteiger partial charge is 0.348 e. The summed E-state index contributed by atoms with van der Waals surface area (Å²) in [6.07, 6.45) is 0. The van der Waals surface area contributed by atoms with Gasteiger partial charge in [0.25, 0.3) is 15.9 Å². The standard InChI is InChI=1S/C20H17FN2O3S/c21-17-8-10-18(11-9-17)23-27(25,26)19-12-6-16(7-13-19)20(24)22-14-15-4-2-1-3-5-15/h1-13,23H,14H2,(H,22,24). The van der Waals surface area contributed by atoms with Crippen LogP contribution in [-0.2, 0) is 16.6 Å². The number of halogens is 1. The molecule has 1 amide bonds. The van der Waals surface area contributed by atoms with E-state index in [1.54, 1.807) is 0 Å². The van der Waals surface area contributed by atoms with Crippen LogP contribution in [0.4, 0.5) is 10.1 Å². The van der Waals surface area contributed by atoms with E-state index in [-0.39, 0.29) is 16.5 Å². The summed E-state index contributed by atoms with van der Waals surface area (Å²) in [5.41, 5.74) is 1.57. The summed E-state index contributed by atoms with van der Waals surface area (Å²) < 4.78 is 40.0. The van der Waals surface area contributed by atoms with Crippen LogP contribution in [0.25, 0.3) is 0 Å². The predicted octanol–water partition coefficient (Wildman–Crippen LogP) is 3.56. The minimum atomic E-state index is -3.83. The van der Waals surface area contributed by atoms with Gasteiger partial charge in [-0.15, -0.1) is 0 Å². The van der Waals surface area contributed by atoms with Crippen molar-refractivity contribution in [2.24, 2.45) is 0 Å². The maximum Gasteiger partial charge on any atom is 0.261 e. The SMILES string of the molecule is O=C(NCc1ccccc1)c1ccc(S(=O)(=O)Nc2ccc(F)cc2)cc1. The third kappa shape index (κ3) is 4.92. The van der Waals surface area contributed by atoms with E-state index in [0.29, 0.717) is 12.1 Å². The molecule has 0 heterocycles. The number of carbonyl (C=O) groups excluding carboxylic acids is 1. The first-order valence-electron chi connectivity index (χ1n) is 8.15. The lowest BCUT2D eigenvalue weighted by Gasteiger charge is -2.09. The average molecular weight is 384 g/mol. The molecule has 0 unspecified atom stereocenters. The fourth-order valence-corrected chi connectivity index (χ4v) is 3.46. The van der Waals surface area contributed by atoms with Gasteiger partial charge in [-0.05, 0) is 54.1 Å². The molecule has 138 valence electrons. The first kappa shape index (κ1) is 18.6. The molecular weight excluding hydrogens is 367 g/mol. The minimum absolute atomic E-state index is 0.00596. The molecule has 0 saturated carbocycles. The van der Waals surface area contributed by atoms with Crippen LogP contribution in [0.1, 0.15) is 15.9 Å². The molecule has 0 saturated heterocycles. The van der Waals surface area contributed by atoms with Crippen molar-refractivity contribution < 1.29 is 17.6 Å². The third-order valence-electron chi connectivity index (χ3n) is 3.82. The number of hydrogen-bond donors (Lipinski definition) is 2. The Bertz CT molecular complexity index is 1020. The van der Waals surface area contributed by atoms with E-state index >= 15 is 0 Å². The zero-order valence-corrected chi connectivity index (χ0v) is 15.0. The molecule has 0 radical (unpaired) electrons. The van der Waals surface area contributed by atoms with Crippen LogP contribution in [0, 0.1) is 5.82 Å². The highest BCUT2D eigenvalue weighted by molar-refractivity contribution is 7.92. The summed E-state index contributed by atoms with van der Waals surface area (Å²) in [5, 5.41) is 2.78. The Morgan fingerprint density at radius 1 is 0.852 bits per heavy atom. The summed E-state index contributed by atoms with van der Waals surface area (Å²) in [5.74, 6) is -0.752. The van der Waals surface area contributed by atoms with Crippen LogP contribution in [-0.4, -0.2) is 14.3 Å². The molecule has 0 aliphatic carbocycles. The Balaban J connectivity index is 1.66. The molecule has 5 nitrogen and oxygen atoms in total. The monoisotopic (exact) mass is 384 g/mol. The molecule has 3 aromatic rings. The number of benzene rings is 3. The first-order valence-corrected chi connectivity index (χ1v) is 9.63. The first-order chi connectivity index (χ1) is 12.9. The molecule has 0 atom stereocenters. The van der Waals surface area contributed by atoms with Gasteiger partial charge in [0.2, 0.25) is 0 Å². The normalized spacial score (nSPS) is 11.0. The van der Waals surface area contributed by atoms with Crippen molar-refractivity contribution in [2.45, 2.75) is 11.4 Å². The molecule has 3 aromatic carbocycles. The maximum atomic E-state index is 12.9. The Morgan fingerprint density at radius 2 is 1.48 bits per heavy atom. The van der Waals surface area contributed by atoms with Crippen molar-refractivity contribution in [1.29, 1.82) is 0 Å². The lowest BCUT2D eigenvalue weighted by Crippen LogP contribution is -2.22. The van der Waals surface area contributed by atoms with E-state index < -0.39 is 15.8 Å². The average Bonchev–Trinajstić information content (AvgIpc) is 2.69. The topological polar surface area (TPSA) is 75.3 Å². The van der Waals surface area contributed by atoms with Crippen LogP contribution in [0.3, 0.4) is 0 Å². The molecule has 0 fully saturated rings. The highest BCUT2D eigenvalue weighted by Gasteiger charge is 2.15. The van der Waals surface area contributed by atoms with Crippen LogP contribution in [0.2, 0.25) is 0 Å². The number of sulfonamides is 1. The van der Waals surface area contributed by atoms with Gasteiger partial charge in [-0.25, -0.2) is 12.8 Å². The summed E-state index contributed by atoms with van der Waals surface area (Å²) >= 11 is 0.